The zero-order valence-electron chi connectivity index (χ0n) is 25.8. The monoisotopic (exact) mass is 602 g/mol. The fourth-order valence-corrected chi connectivity index (χ4v) is 5.80. The Labute approximate surface area is 258 Å². The Morgan fingerprint density at radius 3 is 1.89 bits per heavy atom. The molecule has 3 aromatic carbocycles. The summed E-state index contributed by atoms with van der Waals surface area (Å²) < 4.78 is 17.5. The van der Waals surface area contributed by atoms with Crippen molar-refractivity contribution in [2.75, 3.05) is 30.5 Å². The molecular formula is C35H42N2O7. The van der Waals surface area contributed by atoms with Gasteiger partial charge < -0.3 is 30.0 Å². The van der Waals surface area contributed by atoms with E-state index in [1.807, 2.05) is 20.8 Å². The smallest absolute Gasteiger partial charge is 0.235 e. The Morgan fingerprint density at radius 1 is 0.795 bits per heavy atom. The molecule has 3 aromatic rings. The first-order chi connectivity index (χ1) is 21.2. The van der Waals surface area contributed by atoms with Gasteiger partial charge in [0.25, 0.3) is 0 Å². The van der Waals surface area contributed by atoms with E-state index in [-0.39, 0.29) is 0 Å². The number of amides is 2. The van der Waals surface area contributed by atoms with Crippen LogP contribution in [0, 0.1) is 11.8 Å². The Morgan fingerprint density at radius 2 is 1.32 bits per heavy atom. The molecule has 1 saturated carbocycles. The number of hydrogen-bond acceptors (Lipinski definition) is 7. The lowest BCUT2D eigenvalue weighted by Gasteiger charge is -2.44. The van der Waals surface area contributed by atoms with E-state index in [0.717, 1.165) is 12.8 Å². The zero-order chi connectivity index (χ0) is 31.7. The Bertz CT molecular complexity index is 1450. The summed E-state index contributed by atoms with van der Waals surface area (Å²) in [5.74, 6) is -3.80. The Kier molecular flexibility index (Phi) is 11.0. The van der Waals surface area contributed by atoms with Crippen LogP contribution in [0.15, 0.2) is 72.8 Å². The summed E-state index contributed by atoms with van der Waals surface area (Å²) in [5, 5.41) is 17.5. The summed E-state index contributed by atoms with van der Waals surface area (Å²) in [7, 11) is 0. The second kappa shape index (κ2) is 14.9. The highest BCUT2D eigenvalue weighted by atomic mass is 16.5. The highest BCUT2D eigenvalue weighted by molar-refractivity contribution is 6.11. The molecule has 0 aliphatic heterocycles. The van der Waals surface area contributed by atoms with Crippen LogP contribution < -0.4 is 24.8 Å². The Hall–Kier alpha value is -4.37. The van der Waals surface area contributed by atoms with Gasteiger partial charge in [-0.2, -0.15) is 0 Å². The van der Waals surface area contributed by atoms with E-state index in [0.29, 0.717) is 54.0 Å². The lowest BCUT2D eigenvalue weighted by Crippen LogP contribution is -2.56. The van der Waals surface area contributed by atoms with Crippen LogP contribution in [-0.2, 0) is 14.4 Å². The number of carbonyl (C=O) groups is 3. The first-order valence-electron chi connectivity index (χ1n) is 15.2. The average molecular weight is 603 g/mol. The number of para-hydroxylation sites is 5. The van der Waals surface area contributed by atoms with Gasteiger partial charge in [0.15, 0.2) is 0 Å². The standard InChI is InChI=1S/C35H42N2O7/c1-5-8-21-44-27-18-12-9-15-23(27)30-31(33(39)36-24-16-10-13-19-28(24)42-6-2)26(38)22-35(4,41)32(30)34(40)37-25-17-11-14-20-29(25)43-7-3/h9-20,30-32,41H,5-8,21-22H2,1-4H3,(H,36,39)(H,37,40). The number of hydrogen-bond donors (Lipinski definition) is 3. The van der Waals surface area contributed by atoms with E-state index in [4.69, 9.17) is 14.2 Å². The number of carbonyl (C=O) groups excluding carboxylic acids is 3. The summed E-state index contributed by atoms with van der Waals surface area (Å²) in [6.45, 7) is 8.39. The SMILES string of the molecule is CCCCOc1ccccc1C1C(C(=O)Nc2ccccc2OCC)C(=O)CC(C)(O)C1C(=O)Nc1ccccc1OCC. The number of benzene rings is 3. The Balaban J connectivity index is 1.82. The molecule has 9 heteroatoms. The second-order valence-electron chi connectivity index (χ2n) is 11.1. The fourth-order valence-electron chi connectivity index (χ4n) is 5.80. The third-order valence-electron chi connectivity index (χ3n) is 7.76. The lowest BCUT2D eigenvalue weighted by atomic mass is 9.61. The van der Waals surface area contributed by atoms with Crippen molar-refractivity contribution in [3.63, 3.8) is 0 Å². The summed E-state index contributed by atoms with van der Waals surface area (Å²) in [4.78, 5) is 42.2. The molecule has 0 radical (unpaired) electrons. The third kappa shape index (κ3) is 7.39. The molecule has 0 heterocycles. The number of ketones is 1. The predicted octanol–water partition coefficient (Wildman–Crippen LogP) is 5.98. The molecule has 1 fully saturated rings. The molecule has 44 heavy (non-hydrogen) atoms. The van der Waals surface area contributed by atoms with Crippen molar-refractivity contribution in [1.29, 1.82) is 0 Å². The number of rotatable bonds is 13. The topological polar surface area (TPSA) is 123 Å². The zero-order valence-corrected chi connectivity index (χ0v) is 25.8. The maximum Gasteiger partial charge on any atom is 0.235 e. The van der Waals surface area contributed by atoms with Gasteiger partial charge in [-0.3, -0.25) is 14.4 Å². The van der Waals surface area contributed by atoms with Crippen molar-refractivity contribution in [3.05, 3.63) is 78.4 Å². The minimum absolute atomic E-state index is 0.384. The first kappa shape index (κ1) is 32.5. The van der Waals surface area contributed by atoms with Gasteiger partial charge in [-0.15, -0.1) is 0 Å². The van der Waals surface area contributed by atoms with Crippen LogP contribution in [0.4, 0.5) is 11.4 Å². The molecule has 9 nitrogen and oxygen atoms in total. The van der Waals surface area contributed by atoms with Crippen molar-refractivity contribution in [3.8, 4) is 17.2 Å². The van der Waals surface area contributed by atoms with Gasteiger partial charge in [0.05, 0.1) is 42.7 Å². The van der Waals surface area contributed by atoms with Gasteiger partial charge in [0.2, 0.25) is 11.8 Å². The minimum atomic E-state index is -1.77. The highest BCUT2D eigenvalue weighted by Crippen LogP contribution is 2.49. The van der Waals surface area contributed by atoms with Crippen LogP contribution in [0.25, 0.3) is 0 Å². The average Bonchev–Trinajstić information content (AvgIpc) is 2.99. The van der Waals surface area contributed by atoms with Crippen LogP contribution in [0.1, 0.15) is 58.4 Å². The predicted molar refractivity (Wildman–Crippen MR) is 169 cm³/mol. The molecule has 3 N–H and O–H groups in total. The number of Topliss-reactive ketones (excluding diaryl/α,β-unsaturated/α-hetero) is 1. The molecule has 4 rings (SSSR count). The van der Waals surface area contributed by atoms with Crippen molar-refractivity contribution < 1.29 is 33.7 Å². The van der Waals surface area contributed by atoms with Crippen LogP contribution in [0.2, 0.25) is 0 Å². The van der Waals surface area contributed by atoms with Gasteiger partial charge in [0, 0.05) is 12.3 Å². The van der Waals surface area contributed by atoms with Crippen molar-refractivity contribution in [1.82, 2.24) is 0 Å². The van der Waals surface area contributed by atoms with E-state index in [2.05, 4.69) is 10.6 Å². The molecule has 4 unspecified atom stereocenters. The molecule has 4 atom stereocenters. The second-order valence-corrected chi connectivity index (χ2v) is 11.1. The van der Waals surface area contributed by atoms with Crippen molar-refractivity contribution in [2.45, 2.75) is 58.5 Å². The molecule has 0 aromatic heterocycles. The van der Waals surface area contributed by atoms with Crippen LogP contribution in [0.3, 0.4) is 0 Å². The molecule has 0 spiro atoms. The summed E-state index contributed by atoms with van der Waals surface area (Å²) in [5.41, 5.74) is -0.455. The number of nitrogens with one attached hydrogen (secondary N) is 2. The van der Waals surface area contributed by atoms with Crippen LogP contribution >= 0.6 is 0 Å². The molecule has 234 valence electrons. The van der Waals surface area contributed by atoms with Gasteiger partial charge in [-0.05, 0) is 63.1 Å². The third-order valence-corrected chi connectivity index (χ3v) is 7.76. The maximum absolute atomic E-state index is 14.2. The first-order valence-corrected chi connectivity index (χ1v) is 15.2. The number of aliphatic hydroxyl groups is 1. The quantitative estimate of drug-likeness (QED) is 0.162. The van der Waals surface area contributed by atoms with Crippen LogP contribution in [-0.4, -0.2) is 48.1 Å². The lowest BCUT2D eigenvalue weighted by molar-refractivity contribution is -0.150. The van der Waals surface area contributed by atoms with E-state index in [1.165, 1.54) is 6.92 Å². The van der Waals surface area contributed by atoms with E-state index >= 15 is 0 Å². The van der Waals surface area contributed by atoms with Crippen molar-refractivity contribution in [2.24, 2.45) is 11.8 Å². The largest absolute Gasteiger partial charge is 0.493 e. The highest BCUT2D eigenvalue weighted by Gasteiger charge is 2.56. The van der Waals surface area contributed by atoms with E-state index in [9.17, 15) is 19.5 Å². The number of unbranched alkanes of at least 4 members (excludes halogenated alkanes) is 1. The van der Waals surface area contributed by atoms with Gasteiger partial charge >= 0.3 is 0 Å². The molecule has 0 saturated heterocycles. The molecule has 1 aliphatic carbocycles. The van der Waals surface area contributed by atoms with Gasteiger partial charge in [-0.1, -0.05) is 55.8 Å². The molecule has 1 aliphatic rings. The van der Waals surface area contributed by atoms with E-state index in [1.54, 1.807) is 72.8 Å². The van der Waals surface area contributed by atoms with Crippen molar-refractivity contribution >= 4 is 29.0 Å². The summed E-state index contributed by atoms with van der Waals surface area (Å²) >= 11 is 0. The summed E-state index contributed by atoms with van der Waals surface area (Å²) in [6, 6.07) is 21.1. The number of anilines is 2. The molecule has 2 amide bonds. The normalized spacial score (nSPS) is 21.3. The van der Waals surface area contributed by atoms with Crippen LogP contribution in [0.5, 0.6) is 17.2 Å². The van der Waals surface area contributed by atoms with E-state index < -0.39 is 47.4 Å². The maximum atomic E-state index is 14.2. The number of ether oxygens (including phenoxy) is 3. The van der Waals surface area contributed by atoms with Gasteiger partial charge in [0.1, 0.15) is 28.9 Å². The summed E-state index contributed by atoms with van der Waals surface area (Å²) in [6.07, 6.45) is 1.32. The van der Waals surface area contributed by atoms with Gasteiger partial charge in [-0.25, -0.2) is 0 Å². The fraction of sp³-hybridized carbons (Fsp3) is 0.400. The molecular weight excluding hydrogens is 560 g/mol. The minimum Gasteiger partial charge on any atom is -0.493 e. The molecule has 0 bridgehead atoms.